The lowest BCUT2D eigenvalue weighted by Gasteiger charge is -2.05. The summed E-state index contributed by atoms with van der Waals surface area (Å²) in [5.41, 5.74) is 1.11. The van der Waals surface area contributed by atoms with E-state index in [0.717, 1.165) is 0 Å². The summed E-state index contributed by atoms with van der Waals surface area (Å²) in [6, 6.07) is 13.1. The molecule has 1 heterocycles. The van der Waals surface area contributed by atoms with Crippen molar-refractivity contribution < 1.29 is 23.7 Å². The van der Waals surface area contributed by atoms with Gasteiger partial charge in [-0.2, -0.15) is 4.98 Å². The van der Waals surface area contributed by atoms with E-state index in [2.05, 4.69) is 10.1 Å². The molecule has 0 atom stereocenters. The summed E-state index contributed by atoms with van der Waals surface area (Å²) in [5, 5.41) is 14.7. The second kappa shape index (κ2) is 9.27. The number of nitro groups is 1. The molecule has 0 fully saturated rings. The van der Waals surface area contributed by atoms with E-state index in [0.29, 0.717) is 29.3 Å². The zero-order valence-corrected chi connectivity index (χ0v) is 15.5. The van der Waals surface area contributed by atoms with Crippen molar-refractivity contribution in [2.75, 3.05) is 6.61 Å². The van der Waals surface area contributed by atoms with E-state index < -0.39 is 10.9 Å². The third-order valence-electron chi connectivity index (χ3n) is 3.73. The number of hydrogen-bond acceptors (Lipinski definition) is 8. The van der Waals surface area contributed by atoms with Crippen LogP contribution in [0, 0.1) is 10.1 Å². The molecule has 0 radical (unpaired) electrons. The number of nitrogens with zero attached hydrogens (tertiary/aromatic N) is 3. The summed E-state index contributed by atoms with van der Waals surface area (Å²) in [6.07, 6.45) is 2.59. The molecule has 0 unspecified atom stereocenters. The molecule has 0 amide bonds. The van der Waals surface area contributed by atoms with Crippen molar-refractivity contribution in [1.82, 2.24) is 10.1 Å². The average molecular weight is 395 g/mol. The maximum absolute atomic E-state index is 11.9. The van der Waals surface area contributed by atoms with Gasteiger partial charge in [-0.15, -0.1) is 0 Å². The van der Waals surface area contributed by atoms with Gasteiger partial charge in [0.2, 0.25) is 5.82 Å². The Kier molecular flexibility index (Phi) is 6.31. The Balaban J connectivity index is 1.60. The summed E-state index contributed by atoms with van der Waals surface area (Å²) in [7, 11) is 0. The van der Waals surface area contributed by atoms with E-state index in [9.17, 15) is 14.9 Å². The van der Waals surface area contributed by atoms with Crippen LogP contribution in [0.2, 0.25) is 0 Å². The van der Waals surface area contributed by atoms with Crippen LogP contribution in [0.25, 0.3) is 17.5 Å². The Bertz CT molecular complexity index is 1040. The van der Waals surface area contributed by atoms with Crippen LogP contribution in [0.1, 0.15) is 18.4 Å². The minimum Gasteiger partial charge on any atom is -0.493 e. The first kappa shape index (κ1) is 19.7. The molecule has 3 rings (SSSR count). The monoisotopic (exact) mass is 395 g/mol. The quantitative estimate of drug-likeness (QED) is 0.245. The fourth-order valence-corrected chi connectivity index (χ4v) is 2.44. The lowest BCUT2D eigenvalue weighted by Crippen LogP contribution is -2.01. The maximum atomic E-state index is 11.9. The Labute approximate surface area is 165 Å². The second-order valence-corrected chi connectivity index (χ2v) is 5.73. The molecular weight excluding hydrogens is 378 g/mol. The van der Waals surface area contributed by atoms with Crippen molar-refractivity contribution in [3.8, 4) is 17.1 Å². The fraction of sp³-hybridized carbons (Fsp3) is 0.150. The van der Waals surface area contributed by atoms with E-state index in [1.165, 1.54) is 30.4 Å². The molecular formula is C20H17N3O6. The molecule has 0 spiro atoms. The van der Waals surface area contributed by atoms with E-state index in [1.807, 2.05) is 19.1 Å². The maximum Gasteiger partial charge on any atom is 0.331 e. The van der Waals surface area contributed by atoms with Gasteiger partial charge in [-0.05, 0) is 30.7 Å². The molecule has 0 N–H and O–H groups in total. The third-order valence-corrected chi connectivity index (χ3v) is 3.73. The molecule has 0 aliphatic heterocycles. The topological polar surface area (TPSA) is 118 Å². The van der Waals surface area contributed by atoms with Gasteiger partial charge in [0.15, 0.2) is 6.61 Å². The normalized spacial score (nSPS) is 10.8. The third kappa shape index (κ3) is 5.25. The van der Waals surface area contributed by atoms with Crippen LogP contribution >= 0.6 is 0 Å². The van der Waals surface area contributed by atoms with Crippen LogP contribution in [0.4, 0.5) is 5.69 Å². The highest BCUT2D eigenvalue weighted by Crippen LogP contribution is 2.27. The van der Waals surface area contributed by atoms with Gasteiger partial charge in [0, 0.05) is 18.2 Å². The first-order chi connectivity index (χ1) is 14.1. The first-order valence-corrected chi connectivity index (χ1v) is 8.71. The van der Waals surface area contributed by atoms with Crippen LogP contribution in [-0.4, -0.2) is 27.6 Å². The molecule has 0 aliphatic rings. The summed E-state index contributed by atoms with van der Waals surface area (Å²) in [5.74, 6) is 0.431. The average Bonchev–Trinajstić information content (AvgIpc) is 3.20. The Hall–Kier alpha value is -4.01. The van der Waals surface area contributed by atoms with E-state index in [4.69, 9.17) is 14.0 Å². The predicted octanol–water partition coefficient (Wildman–Crippen LogP) is 3.80. The van der Waals surface area contributed by atoms with Crippen LogP contribution in [0.15, 0.2) is 59.1 Å². The lowest BCUT2D eigenvalue weighted by atomic mass is 10.2. The molecule has 3 aromatic rings. The van der Waals surface area contributed by atoms with Crippen molar-refractivity contribution >= 4 is 17.7 Å². The highest BCUT2D eigenvalue weighted by molar-refractivity contribution is 5.87. The Morgan fingerprint density at radius 2 is 2.07 bits per heavy atom. The Morgan fingerprint density at radius 3 is 2.86 bits per heavy atom. The van der Waals surface area contributed by atoms with Crippen molar-refractivity contribution in [1.29, 1.82) is 0 Å². The summed E-state index contributed by atoms with van der Waals surface area (Å²) < 4.78 is 15.7. The number of benzene rings is 2. The molecule has 0 aliphatic carbocycles. The SMILES string of the molecule is CCOc1ccccc1-c1noc(COC(=O)/C=C/c2cccc([N+](=O)[O-])c2)n1. The number of ether oxygens (including phenoxy) is 2. The van der Waals surface area contributed by atoms with Crippen LogP contribution < -0.4 is 4.74 Å². The minimum absolute atomic E-state index is 0.0637. The number of non-ortho nitro benzene ring substituents is 1. The number of rotatable bonds is 8. The molecule has 9 nitrogen and oxygen atoms in total. The van der Waals surface area contributed by atoms with E-state index in [1.54, 1.807) is 18.2 Å². The largest absolute Gasteiger partial charge is 0.493 e. The standard InChI is InChI=1S/C20H17N3O6/c1-2-27-17-9-4-3-8-16(17)20-21-18(29-22-20)13-28-19(24)11-10-14-6-5-7-15(12-14)23(25)26/h3-12H,2,13H2,1H3/b11-10+. The number of carbonyl (C=O) groups excluding carboxylic acids is 1. The van der Waals surface area contributed by atoms with Crippen LogP contribution in [0.5, 0.6) is 5.75 Å². The van der Waals surface area contributed by atoms with Gasteiger partial charge in [0.1, 0.15) is 5.75 Å². The van der Waals surface area contributed by atoms with Gasteiger partial charge in [-0.25, -0.2) is 4.79 Å². The predicted molar refractivity (Wildman–Crippen MR) is 103 cm³/mol. The molecule has 29 heavy (non-hydrogen) atoms. The smallest absolute Gasteiger partial charge is 0.331 e. The van der Waals surface area contributed by atoms with Gasteiger partial charge in [0.25, 0.3) is 11.6 Å². The molecule has 0 saturated heterocycles. The lowest BCUT2D eigenvalue weighted by molar-refractivity contribution is -0.384. The van der Waals surface area contributed by atoms with Crippen molar-refractivity contribution in [2.24, 2.45) is 0 Å². The van der Waals surface area contributed by atoms with E-state index >= 15 is 0 Å². The van der Waals surface area contributed by atoms with Crippen LogP contribution in [0.3, 0.4) is 0 Å². The highest BCUT2D eigenvalue weighted by Gasteiger charge is 2.14. The number of aromatic nitrogens is 2. The molecule has 9 heteroatoms. The van der Waals surface area contributed by atoms with Crippen LogP contribution in [-0.2, 0) is 16.1 Å². The number of para-hydroxylation sites is 1. The van der Waals surface area contributed by atoms with Gasteiger partial charge < -0.3 is 14.0 Å². The minimum atomic E-state index is -0.647. The van der Waals surface area contributed by atoms with Gasteiger partial charge in [0.05, 0.1) is 17.1 Å². The first-order valence-electron chi connectivity index (χ1n) is 8.71. The van der Waals surface area contributed by atoms with Gasteiger partial charge in [-0.1, -0.05) is 29.4 Å². The van der Waals surface area contributed by atoms with E-state index in [-0.39, 0.29) is 18.2 Å². The van der Waals surface area contributed by atoms with Crippen molar-refractivity contribution in [2.45, 2.75) is 13.5 Å². The van der Waals surface area contributed by atoms with Crippen molar-refractivity contribution in [3.05, 3.63) is 76.2 Å². The molecule has 2 aromatic carbocycles. The van der Waals surface area contributed by atoms with Gasteiger partial charge in [-0.3, -0.25) is 10.1 Å². The summed E-state index contributed by atoms with van der Waals surface area (Å²) in [6.45, 7) is 2.16. The summed E-state index contributed by atoms with van der Waals surface area (Å²) in [4.78, 5) is 26.3. The zero-order chi connectivity index (χ0) is 20.6. The number of carbonyl (C=O) groups is 1. The van der Waals surface area contributed by atoms with Gasteiger partial charge >= 0.3 is 5.97 Å². The highest BCUT2D eigenvalue weighted by atomic mass is 16.6. The molecule has 0 bridgehead atoms. The second-order valence-electron chi connectivity index (χ2n) is 5.73. The summed E-state index contributed by atoms with van der Waals surface area (Å²) >= 11 is 0. The number of hydrogen-bond donors (Lipinski definition) is 0. The molecule has 1 aromatic heterocycles. The molecule has 0 saturated carbocycles. The fourth-order valence-electron chi connectivity index (χ4n) is 2.44. The molecule has 148 valence electrons. The number of esters is 1. The Morgan fingerprint density at radius 1 is 1.24 bits per heavy atom. The zero-order valence-electron chi connectivity index (χ0n) is 15.5. The number of nitro benzene ring substituents is 1. The van der Waals surface area contributed by atoms with Crippen molar-refractivity contribution in [3.63, 3.8) is 0 Å².